The molecule has 30 heavy (non-hydrogen) atoms. The Labute approximate surface area is 174 Å². The van der Waals surface area contributed by atoms with Gasteiger partial charge in [0, 0.05) is 31.2 Å². The van der Waals surface area contributed by atoms with Crippen molar-refractivity contribution >= 4 is 23.1 Å². The number of carbonyl (C=O) groups excluding carboxylic acids is 1. The maximum Gasteiger partial charge on any atom is 0.319 e. The molecule has 2 aromatic heterocycles. The highest BCUT2D eigenvalue weighted by Gasteiger charge is 2.24. The van der Waals surface area contributed by atoms with E-state index in [0.29, 0.717) is 24.5 Å². The van der Waals surface area contributed by atoms with Crippen LogP contribution in [0.15, 0.2) is 42.7 Å². The minimum atomic E-state index is -0.413. The predicted octanol–water partition coefficient (Wildman–Crippen LogP) is 3.72. The molecule has 1 aliphatic heterocycles. The molecular formula is C22H26FN5O2. The normalized spacial score (nSPS) is 19.1. The first-order valence-electron chi connectivity index (χ1n) is 10.1. The molecule has 1 aliphatic rings. The summed E-state index contributed by atoms with van der Waals surface area (Å²) in [6.07, 6.45) is 3.88. The number of morpholine rings is 1. The maximum atomic E-state index is 14.7. The van der Waals surface area contributed by atoms with E-state index in [1.54, 1.807) is 12.1 Å². The number of rotatable bonds is 4. The Morgan fingerprint density at radius 3 is 2.73 bits per heavy atom. The molecule has 3 heterocycles. The van der Waals surface area contributed by atoms with Gasteiger partial charge < -0.3 is 24.7 Å². The highest BCUT2D eigenvalue weighted by atomic mass is 19.1. The Bertz CT molecular complexity index is 1060. The monoisotopic (exact) mass is 411 g/mol. The lowest BCUT2D eigenvalue weighted by atomic mass is 10.2. The van der Waals surface area contributed by atoms with Crippen LogP contribution < -0.4 is 15.5 Å². The third-order valence-electron chi connectivity index (χ3n) is 5.06. The summed E-state index contributed by atoms with van der Waals surface area (Å²) in [6.45, 7) is 7.50. The summed E-state index contributed by atoms with van der Waals surface area (Å²) in [5.41, 5.74) is 3.61. The van der Waals surface area contributed by atoms with Gasteiger partial charge in [0.1, 0.15) is 11.5 Å². The third kappa shape index (κ3) is 4.54. The van der Waals surface area contributed by atoms with Crippen molar-refractivity contribution in [3.8, 4) is 0 Å². The van der Waals surface area contributed by atoms with Crippen molar-refractivity contribution in [1.29, 1.82) is 0 Å². The first-order valence-corrected chi connectivity index (χ1v) is 10.1. The van der Waals surface area contributed by atoms with Crippen LogP contribution in [-0.4, -0.2) is 40.7 Å². The number of benzene rings is 1. The van der Waals surface area contributed by atoms with Gasteiger partial charge in [-0.3, -0.25) is 0 Å². The third-order valence-corrected chi connectivity index (χ3v) is 5.06. The predicted molar refractivity (Wildman–Crippen MR) is 114 cm³/mol. The fourth-order valence-corrected chi connectivity index (χ4v) is 3.78. The molecular weight excluding hydrogens is 385 g/mol. The molecule has 0 unspecified atom stereocenters. The number of fused-ring (bicyclic) bond motifs is 1. The number of imidazole rings is 1. The Morgan fingerprint density at radius 2 is 2.00 bits per heavy atom. The SMILES string of the molecule is Cc1ccn2cc(CNC(=O)Nc3ccc(N4C[C@@H](C)O[C@@H](C)C4)c(F)c3)nc2c1. The van der Waals surface area contributed by atoms with Crippen molar-refractivity contribution in [2.75, 3.05) is 23.3 Å². The second-order valence-electron chi connectivity index (χ2n) is 7.84. The van der Waals surface area contributed by atoms with Crippen LogP contribution in [0, 0.1) is 12.7 Å². The summed E-state index contributed by atoms with van der Waals surface area (Å²) in [6, 6.07) is 8.30. The van der Waals surface area contributed by atoms with Crippen LogP contribution in [0.3, 0.4) is 0 Å². The molecule has 7 nitrogen and oxygen atoms in total. The quantitative estimate of drug-likeness (QED) is 0.687. The average Bonchev–Trinajstić information content (AvgIpc) is 3.07. The molecule has 3 aromatic rings. The van der Waals surface area contributed by atoms with Crippen LogP contribution in [0.4, 0.5) is 20.6 Å². The largest absolute Gasteiger partial charge is 0.372 e. The zero-order chi connectivity index (χ0) is 21.3. The highest BCUT2D eigenvalue weighted by Crippen LogP contribution is 2.26. The van der Waals surface area contributed by atoms with Gasteiger partial charge in [-0.15, -0.1) is 0 Å². The molecule has 1 aromatic carbocycles. The van der Waals surface area contributed by atoms with Gasteiger partial charge in [0.2, 0.25) is 0 Å². The van der Waals surface area contributed by atoms with E-state index in [-0.39, 0.29) is 24.6 Å². The lowest BCUT2D eigenvalue weighted by Crippen LogP contribution is -2.45. The number of aryl methyl sites for hydroxylation is 1. The van der Waals surface area contributed by atoms with Crippen molar-refractivity contribution in [1.82, 2.24) is 14.7 Å². The summed E-state index contributed by atoms with van der Waals surface area (Å²) in [7, 11) is 0. The molecule has 2 N–H and O–H groups in total. The minimum Gasteiger partial charge on any atom is -0.372 e. The second-order valence-corrected chi connectivity index (χ2v) is 7.84. The molecule has 0 aliphatic carbocycles. The standard InChI is InChI=1S/C22H26FN5O2/c1-14-6-7-27-13-18(25-21(27)8-14)10-24-22(29)26-17-4-5-20(19(23)9-17)28-11-15(2)30-16(3)12-28/h4-9,13,15-16H,10-12H2,1-3H3,(H2,24,26,29)/t15-,16+. The second kappa shape index (κ2) is 8.31. The van der Waals surface area contributed by atoms with Crippen LogP contribution in [0.5, 0.6) is 0 Å². The van der Waals surface area contributed by atoms with E-state index in [1.165, 1.54) is 6.07 Å². The lowest BCUT2D eigenvalue weighted by Gasteiger charge is -2.37. The van der Waals surface area contributed by atoms with Gasteiger partial charge in [0.15, 0.2) is 0 Å². The number of carbonyl (C=O) groups is 1. The molecule has 1 fully saturated rings. The van der Waals surface area contributed by atoms with E-state index in [4.69, 9.17) is 4.74 Å². The van der Waals surface area contributed by atoms with Gasteiger partial charge in [-0.1, -0.05) is 0 Å². The van der Waals surface area contributed by atoms with E-state index in [9.17, 15) is 9.18 Å². The fourth-order valence-electron chi connectivity index (χ4n) is 3.78. The summed E-state index contributed by atoms with van der Waals surface area (Å²) in [5, 5.41) is 5.43. The van der Waals surface area contributed by atoms with Gasteiger partial charge in [-0.05, 0) is 56.7 Å². The zero-order valence-electron chi connectivity index (χ0n) is 17.4. The van der Waals surface area contributed by atoms with E-state index >= 15 is 0 Å². The van der Waals surface area contributed by atoms with Crippen LogP contribution in [-0.2, 0) is 11.3 Å². The summed E-state index contributed by atoms with van der Waals surface area (Å²) in [4.78, 5) is 18.7. The number of aromatic nitrogens is 2. The van der Waals surface area contributed by atoms with Crippen LogP contribution in [0.1, 0.15) is 25.1 Å². The Morgan fingerprint density at radius 1 is 1.23 bits per heavy atom. The van der Waals surface area contributed by atoms with E-state index in [2.05, 4.69) is 15.6 Å². The molecule has 1 saturated heterocycles. The van der Waals surface area contributed by atoms with E-state index in [1.807, 2.05) is 54.6 Å². The van der Waals surface area contributed by atoms with Gasteiger partial charge in [-0.25, -0.2) is 14.2 Å². The summed E-state index contributed by atoms with van der Waals surface area (Å²) < 4.78 is 22.3. The lowest BCUT2D eigenvalue weighted by molar-refractivity contribution is -0.00539. The number of urea groups is 1. The number of pyridine rings is 1. The van der Waals surface area contributed by atoms with Crippen LogP contribution in [0.25, 0.3) is 5.65 Å². The summed E-state index contributed by atoms with van der Waals surface area (Å²) >= 11 is 0. The van der Waals surface area contributed by atoms with Crippen molar-refractivity contribution in [2.24, 2.45) is 0 Å². The van der Waals surface area contributed by atoms with Gasteiger partial charge in [0.25, 0.3) is 0 Å². The average molecular weight is 411 g/mol. The number of nitrogens with one attached hydrogen (secondary N) is 2. The van der Waals surface area contributed by atoms with Gasteiger partial charge in [-0.2, -0.15) is 0 Å². The number of hydrogen-bond acceptors (Lipinski definition) is 4. The number of amides is 2. The maximum absolute atomic E-state index is 14.7. The molecule has 0 radical (unpaired) electrons. The molecule has 4 rings (SSSR count). The zero-order valence-corrected chi connectivity index (χ0v) is 17.4. The fraction of sp³-hybridized carbons (Fsp3) is 0.364. The molecule has 0 saturated carbocycles. The Balaban J connectivity index is 1.36. The van der Waals surface area contributed by atoms with Crippen molar-refractivity contribution in [3.05, 3.63) is 59.8 Å². The number of ether oxygens (including phenoxy) is 1. The molecule has 2 amide bonds. The van der Waals surface area contributed by atoms with Crippen molar-refractivity contribution < 1.29 is 13.9 Å². The van der Waals surface area contributed by atoms with Gasteiger partial charge >= 0.3 is 6.03 Å². The van der Waals surface area contributed by atoms with Crippen molar-refractivity contribution in [2.45, 2.75) is 39.5 Å². The van der Waals surface area contributed by atoms with Crippen LogP contribution in [0.2, 0.25) is 0 Å². The first-order chi connectivity index (χ1) is 14.4. The summed E-state index contributed by atoms with van der Waals surface area (Å²) in [5.74, 6) is -0.371. The molecule has 0 bridgehead atoms. The smallest absolute Gasteiger partial charge is 0.319 e. The topological polar surface area (TPSA) is 70.9 Å². The molecule has 158 valence electrons. The molecule has 0 spiro atoms. The molecule has 2 atom stereocenters. The minimum absolute atomic E-state index is 0.0419. The first kappa shape index (κ1) is 20.2. The van der Waals surface area contributed by atoms with E-state index < -0.39 is 6.03 Å². The van der Waals surface area contributed by atoms with Gasteiger partial charge in [0.05, 0.1) is 30.1 Å². The number of anilines is 2. The molecule has 8 heteroatoms. The van der Waals surface area contributed by atoms with E-state index in [0.717, 1.165) is 16.9 Å². The number of hydrogen-bond donors (Lipinski definition) is 2. The number of nitrogens with zero attached hydrogens (tertiary/aromatic N) is 3. The van der Waals surface area contributed by atoms with Crippen LogP contribution >= 0.6 is 0 Å². The number of halogens is 1. The Kier molecular flexibility index (Phi) is 5.59. The van der Waals surface area contributed by atoms with Crippen molar-refractivity contribution in [3.63, 3.8) is 0 Å². The Hall–Kier alpha value is -3.13. The highest BCUT2D eigenvalue weighted by molar-refractivity contribution is 5.89.